The summed E-state index contributed by atoms with van der Waals surface area (Å²) in [7, 11) is 0. The molecule has 0 aliphatic carbocycles. The van der Waals surface area contributed by atoms with Crippen molar-refractivity contribution in [3.8, 4) is 22.3 Å². The van der Waals surface area contributed by atoms with Crippen molar-refractivity contribution in [2.45, 2.75) is 0 Å². The number of anilines is 2. The standard InChI is InChI=1S/C38H23NO2/c1-3-13-35-29(7-1)31-11-5-9-27(37(31)40-35)23-17-19-33-25(21-23)15-16-26-22-24(18-20-34(26)39-33)28-10-6-12-32-30-8-2-4-14-36(30)41-38(28)32/h1-22,39H. The van der Waals surface area contributed by atoms with Gasteiger partial charge in [-0.25, -0.2) is 0 Å². The highest BCUT2D eigenvalue weighted by Crippen LogP contribution is 2.40. The Labute approximate surface area is 236 Å². The van der Waals surface area contributed by atoms with E-state index in [1.54, 1.807) is 0 Å². The van der Waals surface area contributed by atoms with Gasteiger partial charge in [0.15, 0.2) is 0 Å². The summed E-state index contributed by atoms with van der Waals surface area (Å²) in [5.41, 5.74) is 12.5. The number of para-hydroxylation sites is 4. The second-order valence-electron chi connectivity index (χ2n) is 10.6. The van der Waals surface area contributed by atoms with Crippen molar-refractivity contribution in [2.24, 2.45) is 0 Å². The fraction of sp³-hybridized carbons (Fsp3) is 0. The molecule has 1 N–H and O–H groups in total. The third-order valence-electron chi connectivity index (χ3n) is 8.25. The fourth-order valence-electron chi connectivity index (χ4n) is 6.24. The largest absolute Gasteiger partial charge is 0.455 e. The lowest BCUT2D eigenvalue weighted by molar-refractivity contribution is 0.669. The van der Waals surface area contributed by atoms with E-state index < -0.39 is 0 Å². The van der Waals surface area contributed by atoms with Gasteiger partial charge in [0.25, 0.3) is 0 Å². The number of rotatable bonds is 2. The predicted molar refractivity (Wildman–Crippen MR) is 171 cm³/mol. The molecule has 1 aliphatic rings. The quantitative estimate of drug-likeness (QED) is 0.244. The zero-order chi connectivity index (χ0) is 26.9. The number of hydrogen-bond donors (Lipinski definition) is 1. The first-order valence-corrected chi connectivity index (χ1v) is 13.8. The van der Waals surface area contributed by atoms with Crippen LogP contribution in [0.1, 0.15) is 11.1 Å². The Bertz CT molecular complexity index is 2190. The molecule has 2 aromatic heterocycles. The minimum atomic E-state index is 0.913. The smallest absolute Gasteiger partial charge is 0.143 e. The van der Waals surface area contributed by atoms with Crippen LogP contribution in [0.3, 0.4) is 0 Å². The molecule has 0 atom stereocenters. The maximum absolute atomic E-state index is 6.32. The minimum Gasteiger partial charge on any atom is -0.455 e. The molecule has 3 heteroatoms. The molecule has 0 saturated heterocycles. The van der Waals surface area contributed by atoms with Crippen LogP contribution in [0, 0.1) is 0 Å². The lowest BCUT2D eigenvalue weighted by Gasteiger charge is -2.13. The van der Waals surface area contributed by atoms with Crippen molar-refractivity contribution in [3.05, 3.63) is 132 Å². The van der Waals surface area contributed by atoms with Crippen LogP contribution in [0.4, 0.5) is 11.4 Å². The zero-order valence-electron chi connectivity index (χ0n) is 22.0. The van der Waals surface area contributed by atoms with E-state index in [9.17, 15) is 0 Å². The molecule has 0 spiro atoms. The van der Waals surface area contributed by atoms with Crippen molar-refractivity contribution in [2.75, 3.05) is 5.32 Å². The Morgan fingerprint density at radius 3 is 1.39 bits per heavy atom. The summed E-state index contributed by atoms with van der Waals surface area (Å²) >= 11 is 0. The number of fused-ring (bicyclic) bond motifs is 8. The van der Waals surface area contributed by atoms with E-state index in [0.29, 0.717) is 0 Å². The third-order valence-corrected chi connectivity index (χ3v) is 8.25. The molecule has 0 bridgehead atoms. The van der Waals surface area contributed by atoms with Gasteiger partial charge >= 0.3 is 0 Å². The molecule has 8 aromatic rings. The van der Waals surface area contributed by atoms with Gasteiger partial charge in [0.05, 0.1) is 0 Å². The maximum atomic E-state index is 6.32. The third kappa shape index (κ3) is 3.39. The van der Waals surface area contributed by atoms with Crippen molar-refractivity contribution < 1.29 is 8.83 Å². The Kier molecular flexibility index (Phi) is 4.61. The molecule has 0 saturated carbocycles. The van der Waals surface area contributed by atoms with E-state index >= 15 is 0 Å². The number of hydrogen-bond acceptors (Lipinski definition) is 3. The van der Waals surface area contributed by atoms with Crippen LogP contribution >= 0.6 is 0 Å². The van der Waals surface area contributed by atoms with Crippen LogP contribution in [-0.2, 0) is 0 Å². The Morgan fingerprint density at radius 1 is 0.415 bits per heavy atom. The van der Waals surface area contributed by atoms with Gasteiger partial charge in [-0.15, -0.1) is 0 Å². The first-order valence-electron chi connectivity index (χ1n) is 13.8. The second kappa shape index (κ2) is 8.48. The van der Waals surface area contributed by atoms with Crippen molar-refractivity contribution in [1.82, 2.24) is 0 Å². The van der Waals surface area contributed by atoms with Gasteiger partial charge in [-0.2, -0.15) is 0 Å². The van der Waals surface area contributed by atoms with Crippen LogP contribution in [0.15, 0.2) is 130 Å². The molecule has 41 heavy (non-hydrogen) atoms. The Balaban J connectivity index is 1.13. The number of nitrogens with one attached hydrogen (secondary N) is 1. The van der Waals surface area contributed by atoms with Crippen LogP contribution in [0.25, 0.3) is 78.3 Å². The second-order valence-corrected chi connectivity index (χ2v) is 10.6. The zero-order valence-corrected chi connectivity index (χ0v) is 22.0. The van der Waals surface area contributed by atoms with E-state index in [1.165, 1.54) is 0 Å². The first kappa shape index (κ1) is 22.3. The highest BCUT2D eigenvalue weighted by molar-refractivity contribution is 6.11. The van der Waals surface area contributed by atoms with Crippen molar-refractivity contribution >= 4 is 67.4 Å². The van der Waals surface area contributed by atoms with Crippen LogP contribution < -0.4 is 5.32 Å². The monoisotopic (exact) mass is 525 g/mol. The van der Waals surface area contributed by atoms with Gasteiger partial charge < -0.3 is 14.2 Å². The van der Waals surface area contributed by atoms with E-state index in [4.69, 9.17) is 8.83 Å². The highest BCUT2D eigenvalue weighted by Gasteiger charge is 2.16. The Hall–Kier alpha value is -5.54. The minimum absolute atomic E-state index is 0.913. The van der Waals surface area contributed by atoms with Gasteiger partial charge in [0.2, 0.25) is 0 Å². The molecule has 3 heterocycles. The van der Waals surface area contributed by atoms with Gasteiger partial charge in [-0.3, -0.25) is 0 Å². The molecular formula is C38H23NO2. The molecule has 192 valence electrons. The summed E-state index contributed by atoms with van der Waals surface area (Å²) in [6.07, 6.45) is 4.39. The maximum Gasteiger partial charge on any atom is 0.143 e. The summed E-state index contributed by atoms with van der Waals surface area (Å²) in [4.78, 5) is 0. The SMILES string of the molecule is C1=Cc2cc(-c3cccc4c3oc3ccccc34)ccc2Nc2ccc(-c3cccc4c3oc3ccccc34)cc21. The Morgan fingerprint density at radius 2 is 0.878 bits per heavy atom. The van der Waals surface area contributed by atoms with Crippen molar-refractivity contribution in [1.29, 1.82) is 0 Å². The molecular weight excluding hydrogens is 502 g/mol. The van der Waals surface area contributed by atoms with Gasteiger partial charge in [0, 0.05) is 44.0 Å². The number of benzene rings is 6. The van der Waals surface area contributed by atoms with E-state index in [1.807, 2.05) is 24.3 Å². The van der Waals surface area contributed by atoms with E-state index in [-0.39, 0.29) is 0 Å². The topological polar surface area (TPSA) is 38.3 Å². The molecule has 0 unspecified atom stereocenters. The highest BCUT2D eigenvalue weighted by atomic mass is 16.3. The van der Waals surface area contributed by atoms with Crippen LogP contribution in [0.2, 0.25) is 0 Å². The van der Waals surface area contributed by atoms with E-state index in [2.05, 4.69) is 115 Å². The van der Waals surface area contributed by atoms with Crippen LogP contribution in [-0.4, -0.2) is 0 Å². The van der Waals surface area contributed by atoms with Crippen molar-refractivity contribution in [3.63, 3.8) is 0 Å². The molecule has 0 fully saturated rings. The van der Waals surface area contributed by atoms with Gasteiger partial charge in [-0.1, -0.05) is 97.1 Å². The predicted octanol–water partition coefficient (Wildman–Crippen LogP) is 11.0. The molecule has 0 amide bonds. The summed E-state index contributed by atoms with van der Waals surface area (Å²) < 4.78 is 12.6. The molecule has 6 aromatic carbocycles. The molecule has 1 aliphatic heterocycles. The van der Waals surface area contributed by atoms with Crippen LogP contribution in [0.5, 0.6) is 0 Å². The average molecular weight is 526 g/mol. The normalized spacial score (nSPS) is 12.5. The lowest BCUT2D eigenvalue weighted by Crippen LogP contribution is -1.94. The summed E-state index contributed by atoms with van der Waals surface area (Å²) in [5, 5.41) is 8.24. The average Bonchev–Trinajstić information content (AvgIpc) is 3.53. The molecule has 9 rings (SSSR count). The first-order chi connectivity index (χ1) is 20.3. The lowest BCUT2D eigenvalue weighted by atomic mass is 9.99. The van der Waals surface area contributed by atoms with Gasteiger partial charge in [-0.05, 0) is 58.7 Å². The summed E-state index contributed by atoms with van der Waals surface area (Å²) in [5.74, 6) is 0. The van der Waals surface area contributed by atoms with E-state index in [0.717, 1.165) is 88.6 Å². The van der Waals surface area contributed by atoms with Gasteiger partial charge in [0.1, 0.15) is 22.3 Å². The summed E-state index contributed by atoms with van der Waals surface area (Å²) in [6, 6.07) is 42.4. The molecule has 3 nitrogen and oxygen atoms in total. The summed E-state index contributed by atoms with van der Waals surface area (Å²) in [6.45, 7) is 0. The molecule has 0 radical (unpaired) electrons. The number of furan rings is 2. The fourth-order valence-corrected chi connectivity index (χ4v) is 6.24.